The molecule has 90 valence electrons. The molecule has 0 spiro atoms. The van der Waals surface area contributed by atoms with Crippen molar-refractivity contribution >= 4 is 16.5 Å². The van der Waals surface area contributed by atoms with Gasteiger partial charge in [-0.3, -0.25) is 0 Å². The van der Waals surface area contributed by atoms with Crippen LogP contribution in [-0.4, -0.2) is 24.6 Å². The number of anilines is 1. The molecule has 0 radical (unpaired) electrons. The first-order valence-electron chi connectivity index (χ1n) is 6.25. The van der Waals surface area contributed by atoms with E-state index in [-0.39, 0.29) is 0 Å². The lowest BCUT2D eigenvalue weighted by molar-refractivity contribution is 0.561. The second-order valence-corrected chi connectivity index (χ2v) is 5.26. The molecule has 1 atom stereocenters. The smallest absolute Gasteiger partial charge is 0.185 e. The van der Waals surface area contributed by atoms with E-state index in [4.69, 9.17) is 4.98 Å². The van der Waals surface area contributed by atoms with E-state index in [0.29, 0.717) is 6.04 Å². The van der Waals surface area contributed by atoms with Gasteiger partial charge in [-0.05, 0) is 32.7 Å². The van der Waals surface area contributed by atoms with E-state index in [1.165, 1.54) is 43.2 Å². The normalized spacial score (nSPS) is 18.0. The van der Waals surface area contributed by atoms with Crippen LogP contribution in [0.5, 0.6) is 0 Å². The van der Waals surface area contributed by atoms with Gasteiger partial charge in [-0.15, -0.1) is 11.3 Å². The molecule has 0 saturated carbocycles. The van der Waals surface area contributed by atoms with Gasteiger partial charge in [0.05, 0.1) is 5.69 Å². The van der Waals surface area contributed by atoms with Crippen LogP contribution in [-0.2, 0) is 0 Å². The van der Waals surface area contributed by atoms with Crippen LogP contribution in [0.4, 0.5) is 5.13 Å². The van der Waals surface area contributed by atoms with Crippen LogP contribution < -0.4 is 10.2 Å². The van der Waals surface area contributed by atoms with Crippen molar-refractivity contribution in [1.29, 1.82) is 0 Å². The number of aromatic nitrogens is 1. The van der Waals surface area contributed by atoms with Crippen molar-refractivity contribution in [2.45, 2.75) is 39.2 Å². The zero-order chi connectivity index (χ0) is 11.4. The van der Waals surface area contributed by atoms with Gasteiger partial charge in [-0.1, -0.05) is 6.92 Å². The van der Waals surface area contributed by atoms with Crippen molar-refractivity contribution < 1.29 is 0 Å². The van der Waals surface area contributed by atoms with Crippen molar-refractivity contribution in [2.75, 3.05) is 24.5 Å². The molecule has 1 saturated heterocycles. The first kappa shape index (κ1) is 11.9. The number of rotatable bonds is 5. The molecule has 1 aromatic heterocycles. The van der Waals surface area contributed by atoms with Crippen LogP contribution in [0.1, 0.15) is 44.8 Å². The van der Waals surface area contributed by atoms with Crippen LogP contribution in [0, 0.1) is 0 Å². The van der Waals surface area contributed by atoms with Crippen molar-refractivity contribution in [1.82, 2.24) is 10.3 Å². The molecule has 0 amide bonds. The van der Waals surface area contributed by atoms with E-state index in [1.54, 1.807) is 11.3 Å². The number of nitrogens with one attached hydrogen (secondary N) is 1. The highest BCUT2D eigenvalue weighted by Gasteiger charge is 2.17. The van der Waals surface area contributed by atoms with E-state index >= 15 is 0 Å². The third-order valence-corrected chi connectivity index (χ3v) is 3.95. The lowest BCUT2D eigenvalue weighted by atomic mass is 10.2. The molecule has 1 aromatic rings. The summed E-state index contributed by atoms with van der Waals surface area (Å²) < 4.78 is 0. The van der Waals surface area contributed by atoms with E-state index in [9.17, 15) is 0 Å². The highest BCUT2D eigenvalue weighted by molar-refractivity contribution is 7.13. The van der Waals surface area contributed by atoms with Gasteiger partial charge in [0.15, 0.2) is 5.13 Å². The fraction of sp³-hybridized carbons (Fsp3) is 0.750. The molecule has 16 heavy (non-hydrogen) atoms. The Morgan fingerprint density at radius 3 is 2.94 bits per heavy atom. The number of thiazole rings is 1. The van der Waals surface area contributed by atoms with Crippen molar-refractivity contribution in [3.8, 4) is 0 Å². The minimum Gasteiger partial charge on any atom is -0.348 e. The third-order valence-electron chi connectivity index (χ3n) is 3.03. The Bertz CT molecular complexity index is 318. The Morgan fingerprint density at radius 2 is 2.25 bits per heavy atom. The predicted molar refractivity (Wildman–Crippen MR) is 70.3 cm³/mol. The second-order valence-electron chi connectivity index (χ2n) is 4.42. The molecule has 2 heterocycles. The second kappa shape index (κ2) is 5.64. The Labute approximate surface area is 102 Å². The summed E-state index contributed by atoms with van der Waals surface area (Å²) in [4.78, 5) is 7.13. The van der Waals surface area contributed by atoms with Crippen molar-refractivity contribution in [3.05, 3.63) is 11.1 Å². The first-order valence-corrected chi connectivity index (χ1v) is 7.13. The van der Waals surface area contributed by atoms with Gasteiger partial charge in [0.2, 0.25) is 0 Å². The maximum absolute atomic E-state index is 4.73. The molecule has 0 aliphatic carbocycles. The first-order chi connectivity index (χ1) is 7.81. The molecular formula is C12H21N3S. The van der Waals surface area contributed by atoms with E-state index in [0.717, 1.165) is 6.54 Å². The zero-order valence-corrected chi connectivity index (χ0v) is 11.0. The molecular weight excluding hydrogens is 218 g/mol. The van der Waals surface area contributed by atoms with Gasteiger partial charge in [-0.2, -0.15) is 0 Å². The van der Waals surface area contributed by atoms with E-state index in [1.807, 2.05) is 0 Å². The summed E-state index contributed by atoms with van der Waals surface area (Å²) in [5.41, 5.74) is 1.19. The molecule has 1 aliphatic heterocycles. The van der Waals surface area contributed by atoms with Crippen molar-refractivity contribution in [2.24, 2.45) is 0 Å². The lowest BCUT2D eigenvalue weighted by Crippen LogP contribution is -2.20. The van der Waals surface area contributed by atoms with Gasteiger partial charge in [0.25, 0.3) is 0 Å². The third kappa shape index (κ3) is 2.74. The summed E-state index contributed by atoms with van der Waals surface area (Å²) in [5.74, 6) is 0. The number of hydrogen-bond acceptors (Lipinski definition) is 4. The summed E-state index contributed by atoms with van der Waals surface area (Å²) in [7, 11) is 0. The van der Waals surface area contributed by atoms with Gasteiger partial charge in [-0.25, -0.2) is 4.98 Å². The fourth-order valence-corrected chi connectivity index (χ4v) is 2.97. The number of hydrogen-bond donors (Lipinski definition) is 1. The molecule has 1 fully saturated rings. The molecule has 4 heteroatoms. The topological polar surface area (TPSA) is 28.2 Å². The summed E-state index contributed by atoms with van der Waals surface area (Å²) in [6.45, 7) is 7.82. The molecule has 0 bridgehead atoms. The quantitative estimate of drug-likeness (QED) is 0.856. The minimum atomic E-state index is 0.382. The zero-order valence-electron chi connectivity index (χ0n) is 10.2. The van der Waals surface area contributed by atoms with E-state index < -0.39 is 0 Å². The SMILES string of the molecule is CCCNC(C)c1csc(N2CCCC2)n1. The molecule has 1 N–H and O–H groups in total. The summed E-state index contributed by atoms with van der Waals surface area (Å²) in [6.07, 6.45) is 3.81. The Kier molecular flexibility index (Phi) is 4.18. The average molecular weight is 239 g/mol. The van der Waals surface area contributed by atoms with E-state index in [2.05, 4.69) is 29.4 Å². The van der Waals surface area contributed by atoms with Crippen LogP contribution in [0.2, 0.25) is 0 Å². The number of nitrogens with zero attached hydrogens (tertiary/aromatic N) is 2. The summed E-state index contributed by atoms with van der Waals surface area (Å²) in [6, 6.07) is 0.382. The maximum Gasteiger partial charge on any atom is 0.185 e. The molecule has 0 aromatic carbocycles. The van der Waals surface area contributed by atoms with Crippen molar-refractivity contribution in [3.63, 3.8) is 0 Å². The highest BCUT2D eigenvalue weighted by atomic mass is 32.1. The lowest BCUT2D eigenvalue weighted by Gasteiger charge is -2.13. The van der Waals surface area contributed by atoms with Gasteiger partial charge < -0.3 is 10.2 Å². The van der Waals surface area contributed by atoms with Crippen LogP contribution >= 0.6 is 11.3 Å². The Hall–Kier alpha value is -0.610. The maximum atomic E-state index is 4.73. The predicted octanol–water partition coefficient (Wildman–Crippen LogP) is 2.80. The van der Waals surface area contributed by atoms with Crippen LogP contribution in [0.25, 0.3) is 0 Å². The standard InChI is InChI=1S/C12H21N3S/c1-3-6-13-10(2)11-9-16-12(14-11)15-7-4-5-8-15/h9-10,13H,3-8H2,1-2H3. The molecule has 1 unspecified atom stereocenters. The summed E-state index contributed by atoms with van der Waals surface area (Å²) >= 11 is 1.78. The molecule has 1 aliphatic rings. The average Bonchev–Trinajstić information content (AvgIpc) is 2.94. The van der Waals surface area contributed by atoms with Crippen LogP contribution in [0.15, 0.2) is 5.38 Å². The van der Waals surface area contributed by atoms with Gasteiger partial charge in [0, 0.05) is 24.5 Å². The van der Waals surface area contributed by atoms with Crippen LogP contribution in [0.3, 0.4) is 0 Å². The Balaban J connectivity index is 1.95. The van der Waals surface area contributed by atoms with Gasteiger partial charge >= 0.3 is 0 Å². The molecule has 3 nitrogen and oxygen atoms in total. The minimum absolute atomic E-state index is 0.382. The summed E-state index contributed by atoms with van der Waals surface area (Å²) in [5, 5.41) is 6.88. The monoisotopic (exact) mass is 239 g/mol. The highest BCUT2D eigenvalue weighted by Crippen LogP contribution is 2.26. The largest absolute Gasteiger partial charge is 0.348 e. The molecule has 2 rings (SSSR count). The van der Waals surface area contributed by atoms with Gasteiger partial charge in [0.1, 0.15) is 0 Å². The Morgan fingerprint density at radius 1 is 1.50 bits per heavy atom. The fourth-order valence-electron chi connectivity index (χ4n) is 1.99.